The molecular formula is C10H14ClNO. The first-order valence-electron chi connectivity index (χ1n) is 4.17. The SMILES string of the molecule is CN(C)Cc1cccc(CO)c1Cl. The van der Waals surface area contributed by atoms with Gasteiger partial charge in [0.15, 0.2) is 0 Å². The van der Waals surface area contributed by atoms with Crippen LogP contribution >= 0.6 is 11.6 Å². The summed E-state index contributed by atoms with van der Waals surface area (Å²) in [6, 6.07) is 5.72. The molecule has 1 N–H and O–H groups in total. The Kier molecular flexibility index (Phi) is 3.72. The van der Waals surface area contributed by atoms with Crippen molar-refractivity contribution in [1.82, 2.24) is 4.90 Å². The third-order valence-electron chi connectivity index (χ3n) is 1.82. The lowest BCUT2D eigenvalue weighted by Gasteiger charge is -2.12. The minimum atomic E-state index is 0.000101. The Morgan fingerprint density at radius 2 is 1.92 bits per heavy atom. The van der Waals surface area contributed by atoms with E-state index in [0.717, 1.165) is 17.7 Å². The second-order valence-corrected chi connectivity index (χ2v) is 3.66. The van der Waals surface area contributed by atoms with Crippen LogP contribution in [-0.4, -0.2) is 24.1 Å². The number of hydrogen-bond donors (Lipinski definition) is 1. The lowest BCUT2D eigenvalue weighted by Crippen LogP contribution is -2.11. The average Bonchev–Trinajstić information content (AvgIpc) is 2.08. The maximum absolute atomic E-state index is 8.98. The highest BCUT2D eigenvalue weighted by Crippen LogP contribution is 2.21. The van der Waals surface area contributed by atoms with Crippen molar-refractivity contribution in [2.75, 3.05) is 14.1 Å². The molecule has 13 heavy (non-hydrogen) atoms. The van der Waals surface area contributed by atoms with Gasteiger partial charge in [-0.1, -0.05) is 29.8 Å². The van der Waals surface area contributed by atoms with E-state index in [1.807, 2.05) is 37.2 Å². The summed E-state index contributed by atoms with van der Waals surface area (Å²) < 4.78 is 0. The van der Waals surface area contributed by atoms with Crippen LogP contribution in [0.25, 0.3) is 0 Å². The van der Waals surface area contributed by atoms with Crippen LogP contribution in [0.5, 0.6) is 0 Å². The summed E-state index contributed by atoms with van der Waals surface area (Å²) in [4.78, 5) is 2.04. The summed E-state index contributed by atoms with van der Waals surface area (Å²) in [6.07, 6.45) is 0. The van der Waals surface area contributed by atoms with Crippen LogP contribution in [0.3, 0.4) is 0 Å². The van der Waals surface area contributed by atoms with Crippen LogP contribution in [0.4, 0.5) is 0 Å². The predicted molar refractivity (Wildman–Crippen MR) is 54.8 cm³/mol. The largest absolute Gasteiger partial charge is 0.392 e. The molecule has 1 aromatic carbocycles. The molecule has 0 aliphatic rings. The van der Waals surface area contributed by atoms with Crippen molar-refractivity contribution in [3.05, 3.63) is 34.3 Å². The molecule has 2 nitrogen and oxygen atoms in total. The number of nitrogens with zero attached hydrogens (tertiary/aromatic N) is 1. The lowest BCUT2D eigenvalue weighted by atomic mass is 10.1. The molecule has 0 saturated heterocycles. The Balaban J connectivity index is 2.94. The molecule has 0 heterocycles. The monoisotopic (exact) mass is 199 g/mol. The van der Waals surface area contributed by atoms with Crippen LogP contribution in [0.1, 0.15) is 11.1 Å². The fourth-order valence-electron chi connectivity index (χ4n) is 1.22. The Morgan fingerprint density at radius 3 is 2.46 bits per heavy atom. The van der Waals surface area contributed by atoms with Gasteiger partial charge in [-0.3, -0.25) is 0 Å². The molecular weight excluding hydrogens is 186 g/mol. The van der Waals surface area contributed by atoms with Crippen LogP contribution in [0.15, 0.2) is 18.2 Å². The molecule has 0 atom stereocenters. The van der Waals surface area contributed by atoms with E-state index in [4.69, 9.17) is 16.7 Å². The van der Waals surface area contributed by atoms with E-state index in [1.165, 1.54) is 0 Å². The van der Waals surface area contributed by atoms with E-state index in [9.17, 15) is 0 Å². The highest BCUT2D eigenvalue weighted by molar-refractivity contribution is 6.32. The summed E-state index contributed by atoms with van der Waals surface area (Å²) in [6.45, 7) is 0.798. The molecule has 0 aliphatic carbocycles. The second kappa shape index (κ2) is 4.61. The third-order valence-corrected chi connectivity index (χ3v) is 2.30. The van der Waals surface area contributed by atoms with Crippen molar-refractivity contribution >= 4 is 11.6 Å². The summed E-state index contributed by atoms with van der Waals surface area (Å²) in [7, 11) is 3.98. The Morgan fingerprint density at radius 1 is 1.31 bits per heavy atom. The Hall–Kier alpha value is -0.570. The number of benzene rings is 1. The molecule has 1 aromatic rings. The fourth-order valence-corrected chi connectivity index (χ4v) is 1.46. The first-order valence-corrected chi connectivity index (χ1v) is 4.54. The Labute approximate surface area is 83.7 Å². The first kappa shape index (κ1) is 10.5. The number of halogens is 1. The van der Waals surface area contributed by atoms with E-state index in [2.05, 4.69) is 0 Å². The van der Waals surface area contributed by atoms with Crippen molar-refractivity contribution in [1.29, 1.82) is 0 Å². The average molecular weight is 200 g/mol. The maximum atomic E-state index is 8.98. The molecule has 0 aliphatic heterocycles. The minimum absolute atomic E-state index is 0.000101. The zero-order valence-corrected chi connectivity index (χ0v) is 8.67. The van der Waals surface area contributed by atoms with Crippen LogP contribution < -0.4 is 0 Å². The Bertz CT molecular complexity index is 286. The molecule has 1 rings (SSSR count). The third kappa shape index (κ3) is 2.69. The van der Waals surface area contributed by atoms with Gasteiger partial charge in [0.05, 0.1) is 11.6 Å². The lowest BCUT2D eigenvalue weighted by molar-refractivity contribution is 0.281. The summed E-state index contributed by atoms with van der Waals surface area (Å²) in [5.41, 5.74) is 1.85. The molecule has 0 fully saturated rings. The fraction of sp³-hybridized carbons (Fsp3) is 0.400. The van der Waals surface area contributed by atoms with Crippen molar-refractivity contribution in [3.8, 4) is 0 Å². The van der Waals surface area contributed by atoms with Gasteiger partial charge in [-0.2, -0.15) is 0 Å². The highest BCUT2D eigenvalue weighted by atomic mass is 35.5. The van der Waals surface area contributed by atoms with Crippen molar-refractivity contribution in [2.24, 2.45) is 0 Å². The van der Waals surface area contributed by atoms with Gasteiger partial charge >= 0.3 is 0 Å². The summed E-state index contributed by atoms with van der Waals surface area (Å²) >= 11 is 6.07. The van der Waals surface area contributed by atoms with E-state index in [1.54, 1.807) is 0 Å². The number of aliphatic hydroxyl groups is 1. The molecule has 0 unspecified atom stereocenters. The molecule has 0 spiro atoms. The number of aliphatic hydroxyl groups excluding tert-OH is 1. The number of hydrogen-bond acceptors (Lipinski definition) is 2. The van der Waals surface area contributed by atoms with Gasteiger partial charge in [-0.15, -0.1) is 0 Å². The van der Waals surface area contributed by atoms with E-state index >= 15 is 0 Å². The normalized spacial score (nSPS) is 10.8. The van der Waals surface area contributed by atoms with Gasteiger partial charge < -0.3 is 10.0 Å². The van der Waals surface area contributed by atoms with Gasteiger partial charge in [0, 0.05) is 6.54 Å². The molecule has 0 saturated carbocycles. The summed E-state index contributed by atoms with van der Waals surface area (Å²) in [5, 5.41) is 9.66. The van der Waals surface area contributed by atoms with Crippen molar-refractivity contribution in [2.45, 2.75) is 13.2 Å². The smallest absolute Gasteiger partial charge is 0.0696 e. The van der Waals surface area contributed by atoms with Gasteiger partial charge in [-0.25, -0.2) is 0 Å². The predicted octanol–water partition coefficient (Wildman–Crippen LogP) is 1.89. The molecule has 0 radical (unpaired) electrons. The highest BCUT2D eigenvalue weighted by Gasteiger charge is 2.05. The zero-order valence-electron chi connectivity index (χ0n) is 7.92. The molecule has 72 valence electrons. The van der Waals surface area contributed by atoms with Gasteiger partial charge in [0.25, 0.3) is 0 Å². The van der Waals surface area contributed by atoms with Gasteiger partial charge in [0.1, 0.15) is 0 Å². The first-order chi connectivity index (χ1) is 6.15. The molecule has 0 bridgehead atoms. The van der Waals surface area contributed by atoms with Crippen molar-refractivity contribution in [3.63, 3.8) is 0 Å². The van der Waals surface area contributed by atoms with Gasteiger partial charge in [-0.05, 0) is 25.2 Å². The molecule has 0 amide bonds. The minimum Gasteiger partial charge on any atom is -0.392 e. The van der Waals surface area contributed by atoms with E-state index in [0.29, 0.717) is 5.02 Å². The quantitative estimate of drug-likeness (QED) is 0.804. The van der Waals surface area contributed by atoms with E-state index < -0.39 is 0 Å². The topological polar surface area (TPSA) is 23.5 Å². The van der Waals surface area contributed by atoms with Crippen molar-refractivity contribution < 1.29 is 5.11 Å². The second-order valence-electron chi connectivity index (χ2n) is 3.29. The van der Waals surface area contributed by atoms with E-state index in [-0.39, 0.29) is 6.61 Å². The van der Waals surface area contributed by atoms with Crippen LogP contribution in [0, 0.1) is 0 Å². The number of rotatable bonds is 3. The summed E-state index contributed by atoms with van der Waals surface area (Å²) in [5.74, 6) is 0. The maximum Gasteiger partial charge on any atom is 0.0696 e. The molecule has 0 aromatic heterocycles. The van der Waals surface area contributed by atoms with Crippen LogP contribution in [0.2, 0.25) is 5.02 Å². The van der Waals surface area contributed by atoms with Gasteiger partial charge in [0.2, 0.25) is 0 Å². The zero-order chi connectivity index (χ0) is 9.84. The molecule has 3 heteroatoms. The standard InChI is InChI=1S/C10H14ClNO/c1-12(2)6-8-4-3-5-9(7-13)10(8)11/h3-5,13H,6-7H2,1-2H3. The van der Waals surface area contributed by atoms with Crippen LogP contribution in [-0.2, 0) is 13.2 Å².